The number of carbonyl (C=O) groups excluding carboxylic acids is 1. The topological polar surface area (TPSA) is 56.6 Å². The lowest BCUT2D eigenvalue weighted by Crippen LogP contribution is -2.41. The molecule has 1 aromatic heterocycles. The van der Waals surface area contributed by atoms with Crippen LogP contribution in [0.3, 0.4) is 0 Å². The molecule has 1 unspecified atom stereocenters. The monoisotopic (exact) mass is 397 g/mol. The van der Waals surface area contributed by atoms with Gasteiger partial charge in [0.05, 0.1) is 13.7 Å². The summed E-state index contributed by atoms with van der Waals surface area (Å²) in [6, 6.07) is 8.04. The molecule has 9 heteroatoms. The lowest BCUT2D eigenvalue weighted by molar-refractivity contribution is -0.143. The number of methoxy groups -OCH3 is 1. The zero-order valence-corrected chi connectivity index (χ0v) is 15.7. The molecule has 1 amide bonds. The summed E-state index contributed by atoms with van der Waals surface area (Å²) in [4.78, 5) is 14.2. The first-order chi connectivity index (χ1) is 13.3. The number of nitrogens with zero attached hydrogens (tertiary/aromatic N) is 3. The minimum atomic E-state index is -4.55. The molecule has 0 aliphatic carbocycles. The summed E-state index contributed by atoms with van der Waals surface area (Å²) in [7, 11) is 2.76. The van der Waals surface area contributed by atoms with Crippen LogP contribution in [-0.4, -0.2) is 47.4 Å². The van der Waals surface area contributed by atoms with E-state index in [1.54, 1.807) is 18.1 Å². The first kappa shape index (κ1) is 20.0. The lowest BCUT2D eigenvalue weighted by Gasteiger charge is -2.32. The molecule has 0 N–H and O–H groups in total. The van der Waals surface area contributed by atoms with Crippen LogP contribution in [-0.2, 0) is 13.2 Å². The highest BCUT2D eigenvalue weighted by Gasteiger charge is 2.36. The van der Waals surface area contributed by atoms with Crippen LogP contribution in [0.25, 0.3) is 0 Å². The van der Waals surface area contributed by atoms with Crippen LogP contribution in [0, 0.1) is 5.92 Å². The van der Waals surface area contributed by atoms with Crippen molar-refractivity contribution < 1.29 is 27.4 Å². The highest BCUT2D eigenvalue weighted by molar-refractivity contribution is 5.92. The molecule has 3 rings (SSSR count). The molecule has 1 aromatic carbocycles. The molecular weight excluding hydrogens is 375 g/mol. The quantitative estimate of drug-likeness (QED) is 0.776. The van der Waals surface area contributed by atoms with Crippen molar-refractivity contribution in [2.24, 2.45) is 13.0 Å². The SMILES string of the molecule is COc1cccc(OCC2CCCN(C(=O)c3cc(C(F)(F)F)n(C)n3)C2)c1. The summed E-state index contributed by atoms with van der Waals surface area (Å²) in [5.41, 5.74) is -1.13. The maximum absolute atomic E-state index is 12.9. The van der Waals surface area contributed by atoms with E-state index >= 15 is 0 Å². The van der Waals surface area contributed by atoms with Crippen LogP contribution in [0.1, 0.15) is 29.0 Å². The van der Waals surface area contributed by atoms with Gasteiger partial charge in [0.1, 0.15) is 17.2 Å². The Balaban J connectivity index is 1.62. The number of carbonyl (C=O) groups is 1. The van der Waals surface area contributed by atoms with Crippen molar-refractivity contribution in [3.8, 4) is 11.5 Å². The van der Waals surface area contributed by atoms with Gasteiger partial charge in [0, 0.05) is 38.2 Å². The number of benzene rings is 1. The summed E-state index contributed by atoms with van der Waals surface area (Å²) < 4.78 is 50.5. The molecular formula is C19H22F3N3O3. The van der Waals surface area contributed by atoms with E-state index in [-0.39, 0.29) is 11.6 Å². The van der Waals surface area contributed by atoms with Gasteiger partial charge >= 0.3 is 6.18 Å². The predicted octanol–water partition coefficient (Wildman–Crippen LogP) is 3.38. The van der Waals surface area contributed by atoms with Gasteiger partial charge in [-0.2, -0.15) is 18.3 Å². The Morgan fingerprint density at radius 2 is 2.04 bits per heavy atom. The Bertz CT molecular complexity index is 835. The summed E-state index contributed by atoms with van der Waals surface area (Å²) in [6.07, 6.45) is -2.91. The second-order valence-electron chi connectivity index (χ2n) is 6.79. The molecule has 2 heterocycles. The normalized spacial score (nSPS) is 17.5. The molecule has 152 valence electrons. The van der Waals surface area contributed by atoms with E-state index in [1.165, 1.54) is 7.05 Å². The molecule has 0 bridgehead atoms. The molecule has 1 atom stereocenters. The van der Waals surface area contributed by atoms with Crippen molar-refractivity contribution >= 4 is 5.91 Å². The third-order valence-corrected chi connectivity index (χ3v) is 4.72. The van der Waals surface area contributed by atoms with Gasteiger partial charge in [-0.15, -0.1) is 0 Å². The second kappa shape index (κ2) is 8.12. The molecule has 0 radical (unpaired) electrons. The highest BCUT2D eigenvalue weighted by Crippen LogP contribution is 2.30. The van der Waals surface area contributed by atoms with Gasteiger partial charge in [-0.1, -0.05) is 6.07 Å². The van der Waals surface area contributed by atoms with Crippen LogP contribution in [0.4, 0.5) is 13.2 Å². The Hall–Kier alpha value is -2.71. The van der Waals surface area contributed by atoms with E-state index in [0.717, 1.165) is 18.9 Å². The summed E-state index contributed by atoms with van der Waals surface area (Å²) in [5.74, 6) is 0.961. The van der Waals surface area contributed by atoms with Gasteiger partial charge in [-0.05, 0) is 25.0 Å². The molecule has 1 fully saturated rings. The first-order valence-electron chi connectivity index (χ1n) is 8.95. The standard InChI is InChI=1S/C19H22F3N3O3/c1-24-17(19(20,21)22)10-16(23-24)18(26)25-8-4-5-13(11-25)12-28-15-7-3-6-14(9-15)27-2/h3,6-7,9-10,13H,4-5,8,11-12H2,1-2H3. The van der Waals surface area contributed by atoms with Gasteiger partial charge in [-0.3, -0.25) is 9.48 Å². The largest absolute Gasteiger partial charge is 0.497 e. The minimum Gasteiger partial charge on any atom is -0.497 e. The Labute approximate surface area is 160 Å². The number of likely N-dealkylation sites (tertiary alicyclic amines) is 1. The van der Waals surface area contributed by atoms with E-state index in [1.807, 2.05) is 18.2 Å². The Morgan fingerprint density at radius 1 is 1.29 bits per heavy atom. The number of aryl methyl sites for hydroxylation is 1. The van der Waals surface area contributed by atoms with E-state index in [2.05, 4.69) is 5.10 Å². The maximum Gasteiger partial charge on any atom is 0.433 e. The number of piperidine rings is 1. The van der Waals surface area contributed by atoms with Gasteiger partial charge in [0.25, 0.3) is 5.91 Å². The van der Waals surface area contributed by atoms with Gasteiger partial charge in [-0.25, -0.2) is 0 Å². The fourth-order valence-electron chi connectivity index (χ4n) is 3.29. The van der Waals surface area contributed by atoms with Crippen molar-refractivity contribution in [3.05, 3.63) is 41.7 Å². The smallest absolute Gasteiger partial charge is 0.433 e. The highest BCUT2D eigenvalue weighted by atomic mass is 19.4. The third-order valence-electron chi connectivity index (χ3n) is 4.72. The molecule has 28 heavy (non-hydrogen) atoms. The average Bonchev–Trinajstić information content (AvgIpc) is 3.08. The summed E-state index contributed by atoms with van der Waals surface area (Å²) in [6.45, 7) is 1.32. The molecule has 0 spiro atoms. The molecule has 1 aliphatic heterocycles. The van der Waals surface area contributed by atoms with E-state index in [9.17, 15) is 18.0 Å². The first-order valence-corrected chi connectivity index (χ1v) is 8.95. The zero-order chi connectivity index (χ0) is 20.3. The molecule has 6 nitrogen and oxygen atoms in total. The summed E-state index contributed by atoms with van der Waals surface area (Å²) in [5, 5.41) is 3.75. The number of rotatable bonds is 5. The number of aromatic nitrogens is 2. The number of hydrogen-bond acceptors (Lipinski definition) is 4. The van der Waals surface area contributed by atoms with Crippen molar-refractivity contribution in [1.82, 2.24) is 14.7 Å². The Morgan fingerprint density at radius 3 is 2.71 bits per heavy atom. The molecule has 1 aliphatic rings. The van der Waals surface area contributed by atoms with E-state index < -0.39 is 17.8 Å². The van der Waals surface area contributed by atoms with Crippen LogP contribution >= 0.6 is 0 Å². The number of halogens is 3. The van der Waals surface area contributed by atoms with Gasteiger partial charge in [0.2, 0.25) is 0 Å². The minimum absolute atomic E-state index is 0.0923. The fraction of sp³-hybridized carbons (Fsp3) is 0.474. The molecule has 2 aromatic rings. The lowest BCUT2D eigenvalue weighted by atomic mass is 9.98. The van der Waals surface area contributed by atoms with E-state index in [0.29, 0.717) is 35.9 Å². The van der Waals surface area contributed by atoms with Crippen molar-refractivity contribution in [3.63, 3.8) is 0 Å². The van der Waals surface area contributed by atoms with E-state index in [4.69, 9.17) is 9.47 Å². The average molecular weight is 397 g/mol. The molecule has 1 saturated heterocycles. The van der Waals surface area contributed by atoms with Crippen LogP contribution in [0.5, 0.6) is 11.5 Å². The van der Waals surface area contributed by atoms with Crippen LogP contribution in [0.15, 0.2) is 30.3 Å². The second-order valence-corrected chi connectivity index (χ2v) is 6.79. The van der Waals surface area contributed by atoms with Gasteiger partial charge < -0.3 is 14.4 Å². The van der Waals surface area contributed by atoms with Crippen molar-refractivity contribution in [1.29, 1.82) is 0 Å². The van der Waals surface area contributed by atoms with Crippen molar-refractivity contribution in [2.45, 2.75) is 19.0 Å². The van der Waals surface area contributed by atoms with Gasteiger partial charge in [0.15, 0.2) is 5.69 Å². The maximum atomic E-state index is 12.9. The van der Waals surface area contributed by atoms with Crippen LogP contribution in [0.2, 0.25) is 0 Å². The summed E-state index contributed by atoms with van der Waals surface area (Å²) >= 11 is 0. The number of amides is 1. The Kier molecular flexibility index (Phi) is 5.81. The number of hydrogen-bond donors (Lipinski definition) is 0. The zero-order valence-electron chi connectivity index (χ0n) is 15.7. The van der Waals surface area contributed by atoms with Crippen LogP contribution < -0.4 is 9.47 Å². The fourth-order valence-corrected chi connectivity index (χ4v) is 3.29. The third kappa shape index (κ3) is 4.58. The number of alkyl halides is 3. The number of ether oxygens (including phenoxy) is 2. The molecule has 0 saturated carbocycles. The van der Waals surface area contributed by atoms with Crippen molar-refractivity contribution in [2.75, 3.05) is 26.8 Å². The predicted molar refractivity (Wildman–Crippen MR) is 95.3 cm³/mol.